The predicted molar refractivity (Wildman–Crippen MR) is 90.0 cm³/mol. The summed E-state index contributed by atoms with van der Waals surface area (Å²) in [4.78, 5) is 0. The number of hydrogen-bond donors (Lipinski definition) is 1. The molecule has 1 aromatic heterocycles. The van der Waals surface area contributed by atoms with Gasteiger partial charge in [-0.25, -0.2) is 5.09 Å². The minimum absolute atomic E-state index is 0.152. The molecule has 22 heavy (non-hydrogen) atoms. The maximum Gasteiger partial charge on any atom is 0.205 e. The van der Waals surface area contributed by atoms with Gasteiger partial charge in [-0.1, -0.05) is 36.4 Å². The van der Waals surface area contributed by atoms with Crippen molar-refractivity contribution in [3.05, 3.63) is 84.8 Å². The van der Waals surface area contributed by atoms with Crippen LogP contribution in [-0.4, -0.2) is 0 Å². The monoisotopic (exact) mass is 311 g/mol. The summed E-state index contributed by atoms with van der Waals surface area (Å²) in [6, 6.07) is 22.6. The quantitative estimate of drug-likeness (QED) is 0.728. The van der Waals surface area contributed by atoms with E-state index < -0.39 is 7.29 Å². The molecule has 0 aliphatic heterocycles. The fraction of sp³-hybridized carbons (Fsp3) is 0.111. The Morgan fingerprint density at radius 3 is 1.86 bits per heavy atom. The molecule has 0 saturated heterocycles. The molecule has 0 saturated carbocycles. The molecule has 1 atom stereocenters. The van der Waals surface area contributed by atoms with Crippen molar-refractivity contribution in [1.82, 2.24) is 5.09 Å². The SMILES string of the molecule is CC(NP(=O)(c1ccccc1)c1ccccc1)c1ccco1. The van der Waals surface area contributed by atoms with E-state index >= 15 is 0 Å². The zero-order chi connectivity index (χ0) is 15.4. The number of benzene rings is 2. The molecule has 3 aromatic rings. The summed E-state index contributed by atoms with van der Waals surface area (Å²) in [5.74, 6) is 0.770. The van der Waals surface area contributed by atoms with Gasteiger partial charge in [0, 0.05) is 10.6 Å². The van der Waals surface area contributed by atoms with Crippen LogP contribution in [0.1, 0.15) is 18.7 Å². The fourth-order valence-corrected chi connectivity index (χ4v) is 4.90. The molecule has 1 unspecified atom stereocenters. The van der Waals surface area contributed by atoms with Crippen LogP contribution in [0.15, 0.2) is 83.5 Å². The summed E-state index contributed by atoms with van der Waals surface area (Å²) in [5, 5.41) is 4.87. The molecule has 0 aliphatic carbocycles. The van der Waals surface area contributed by atoms with E-state index in [-0.39, 0.29) is 6.04 Å². The zero-order valence-corrected chi connectivity index (χ0v) is 13.2. The average Bonchev–Trinajstić information content (AvgIpc) is 3.11. The maximum absolute atomic E-state index is 13.8. The third kappa shape index (κ3) is 2.92. The van der Waals surface area contributed by atoms with E-state index in [2.05, 4.69) is 5.09 Å². The van der Waals surface area contributed by atoms with Crippen LogP contribution in [0.2, 0.25) is 0 Å². The molecule has 1 heterocycles. The van der Waals surface area contributed by atoms with Crippen LogP contribution in [0.3, 0.4) is 0 Å². The van der Waals surface area contributed by atoms with Crippen LogP contribution in [-0.2, 0) is 4.57 Å². The first-order valence-electron chi connectivity index (χ1n) is 7.22. The van der Waals surface area contributed by atoms with Crippen LogP contribution in [0, 0.1) is 0 Å². The van der Waals surface area contributed by atoms with Gasteiger partial charge in [-0.15, -0.1) is 0 Å². The summed E-state index contributed by atoms with van der Waals surface area (Å²) in [5.41, 5.74) is 0. The Kier molecular flexibility index (Phi) is 4.28. The van der Waals surface area contributed by atoms with Crippen LogP contribution in [0.4, 0.5) is 0 Å². The fourth-order valence-electron chi connectivity index (χ4n) is 2.45. The highest BCUT2D eigenvalue weighted by Crippen LogP contribution is 2.41. The largest absolute Gasteiger partial charge is 0.468 e. The lowest BCUT2D eigenvalue weighted by atomic mass is 10.3. The van der Waals surface area contributed by atoms with E-state index in [1.165, 1.54) is 0 Å². The van der Waals surface area contributed by atoms with Crippen molar-refractivity contribution in [3.63, 3.8) is 0 Å². The van der Waals surface area contributed by atoms with Gasteiger partial charge in [0.25, 0.3) is 0 Å². The molecular weight excluding hydrogens is 293 g/mol. The second kappa shape index (κ2) is 6.35. The lowest BCUT2D eigenvalue weighted by Crippen LogP contribution is -2.29. The summed E-state index contributed by atoms with van der Waals surface area (Å²) in [6.07, 6.45) is 1.63. The summed E-state index contributed by atoms with van der Waals surface area (Å²) >= 11 is 0. The van der Waals surface area contributed by atoms with Gasteiger partial charge >= 0.3 is 0 Å². The third-order valence-electron chi connectivity index (χ3n) is 3.59. The minimum atomic E-state index is -2.93. The molecule has 3 rings (SSSR count). The molecule has 0 bridgehead atoms. The Morgan fingerprint density at radius 1 is 0.864 bits per heavy atom. The van der Waals surface area contributed by atoms with Crippen molar-refractivity contribution in [1.29, 1.82) is 0 Å². The first-order valence-corrected chi connectivity index (χ1v) is 8.93. The second-order valence-electron chi connectivity index (χ2n) is 5.15. The molecule has 0 radical (unpaired) electrons. The van der Waals surface area contributed by atoms with E-state index in [0.717, 1.165) is 16.4 Å². The Morgan fingerprint density at radius 2 is 1.41 bits per heavy atom. The molecular formula is C18H18NO2P. The number of hydrogen-bond acceptors (Lipinski definition) is 2. The average molecular weight is 311 g/mol. The minimum Gasteiger partial charge on any atom is -0.468 e. The van der Waals surface area contributed by atoms with E-state index in [4.69, 9.17) is 4.42 Å². The van der Waals surface area contributed by atoms with Crippen molar-refractivity contribution in [2.24, 2.45) is 0 Å². The Labute approximate surface area is 130 Å². The summed E-state index contributed by atoms with van der Waals surface area (Å²) in [7, 11) is -2.93. The van der Waals surface area contributed by atoms with Crippen molar-refractivity contribution < 1.29 is 8.98 Å². The van der Waals surface area contributed by atoms with E-state index in [1.807, 2.05) is 79.7 Å². The number of nitrogens with one attached hydrogen (secondary N) is 1. The van der Waals surface area contributed by atoms with Gasteiger partial charge in [0.15, 0.2) is 0 Å². The Balaban J connectivity index is 2.02. The highest BCUT2D eigenvalue weighted by Gasteiger charge is 2.29. The second-order valence-corrected chi connectivity index (χ2v) is 7.66. The lowest BCUT2D eigenvalue weighted by molar-refractivity contribution is 0.462. The molecule has 3 nitrogen and oxygen atoms in total. The highest BCUT2D eigenvalue weighted by molar-refractivity contribution is 7.76. The number of rotatable bonds is 5. The Bertz CT molecular complexity index is 711. The molecule has 1 N–H and O–H groups in total. The van der Waals surface area contributed by atoms with Gasteiger partial charge in [0.2, 0.25) is 7.29 Å². The summed E-state index contributed by atoms with van der Waals surface area (Å²) in [6.45, 7) is 1.96. The normalized spacial score (nSPS) is 13.0. The summed E-state index contributed by atoms with van der Waals surface area (Å²) < 4.78 is 19.2. The Hall–Kier alpha value is -2.09. The van der Waals surface area contributed by atoms with Crippen molar-refractivity contribution in [3.8, 4) is 0 Å². The maximum atomic E-state index is 13.8. The molecule has 2 aromatic carbocycles. The molecule has 4 heteroatoms. The van der Waals surface area contributed by atoms with Gasteiger partial charge < -0.3 is 4.42 Å². The van der Waals surface area contributed by atoms with Gasteiger partial charge in [0.05, 0.1) is 12.3 Å². The zero-order valence-electron chi connectivity index (χ0n) is 12.3. The third-order valence-corrected chi connectivity index (χ3v) is 6.39. The van der Waals surface area contributed by atoms with Crippen LogP contribution in [0.25, 0.3) is 0 Å². The molecule has 0 fully saturated rings. The van der Waals surface area contributed by atoms with Crippen molar-refractivity contribution >= 4 is 17.9 Å². The van der Waals surface area contributed by atoms with Crippen molar-refractivity contribution in [2.45, 2.75) is 13.0 Å². The first-order chi connectivity index (χ1) is 10.7. The lowest BCUT2D eigenvalue weighted by Gasteiger charge is -2.23. The van der Waals surface area contributed by atoms with Crippen LogP contribution >= 0.6 is 7.29 Å². The smallest absolute Gasteiger partial charge is 0.205 e. The molecule has 112 valence electrons. The van der Waals surface area contributed by atoms with Crippen molar-refractivity contribution in [2.75, 3.05) is 0 Å². The predicted octanol–water partition coefficient (Wildman–Crippen LogP) is 3.86. The van der Waals surface area contributed by atoms with Gasteiger partial charge in [0.1, 0.15) is 5.76 Å². The molecule has 0 spiro atoms. The standard InChI is InChI=1S/C18H18NO2P/c1-15(18-13-8-14-21-18)19-22(20,16-9-4-2-5-10-16)17-11-6-3-7-12-17/h2-15H,1H3,(H,19,20). The van der Waals surface area contributed by atoms with Crippen LogP contribution < -0.4 is 15.7 Å². The molecule has 0 aliphatic rings. The van der Waals surface area contributed by atoms with E-state index in [0.29, 0.717) is 0 Å². The number of furan rings is 1. The topological polar surface area (TPSA) is 42.2 Å². The van der Waals surface area contributed by atoms with Gasteiger partial charge in [-0.05, 0) is 43.3 Å². The van der Waals surface area contributed by atoms with Gasteiger partial charge in [-0.3, -0.25) is 4.57 Å². The molecule has 0 amide bonds. The van der Waals surface area contributed by atoms with E-state index in [1.54, 1.807) is 6.26 Å². The van der Waals surface area contributed by atoms with Crippen LogP contribution in [0.5, 0.6) is 0 Å². The van der Waals surface area contributed by atoms with Gasteiger partial charge in [-0.2, -0.15) is 0 Å². The van der Waals surface area contributed by atoms with E-state index in [9.17, 15) is 4.57 Å². The first kappa shape index (κ1) is 14.8. The highest BCUT2D eigenvalue weighted by atomic mass is 31.2.